The fourth-order valence-corrected chi connectivity index (χ4v) is 6.29. The van der Waals surface area contributed by atoms with Crippen LogP contribution in [0.4, 0.5) is 0 Å². The Balaban J connectivity index is 1.36. The Morgan fingerprint density at radius 2 is 1.76 bits per heavy atom. The number of aliphatic hydroxyl groups excluding tert-OH is 1. The average molecular weight is 293 g/mol. The highest BCUT2D eigenvalue weighted by Gasteiger charge is 2.53. The van der Waals surface area contributed by atoms with Gasteiger partial charge in [-0.2, -0.15) is 0 Å². The molecule has 2 unspecified atom stereocenters. The van der Waals surface area contributed by atoms with Crippen LogP contribution in [0.25, 0.3) is 0 Å². The average Bonchev–Trinajstić information content (AvgIpc) is 2.89. The number of hydrogen-bond acceptors (Lipinski definition) is 3. The fourth-order valence-electron chi connectivity index (χ4n) is 6.29. The van der Waals surface area contributed by atoms with E-state index in [1.165, 1.54) is 51.4 Å². The van der Waals surface area contributed by atoms with E-state index in [0.717, 1.165) is 37.5 Å². The van der Waals surface area contributed by atoms with Gasteiger partial charge in [-0.25, -0.2) is 0 Å². The van der Waals surface area contributed by atoms with Crippen molar-refractivity contribution in [1.29, 1.82) is 0 Å². The maximum absolute atomic E-state index is 11.0. The summed E-state index contributed by atoms with van der Waals surface area (Å²) in [6.45, 7) is 2.76. The van der Waals surface area contributed by atoms with Crippen molar-refractivity contribution < 1.29 is 9.84 Å². The number of rotatable bonds is 5. The predicted octanol–water partition coefficient (Wildman–Crippen LogP) is 2.67. The second-order valence-electron chi connectivity index (χ2n) is 8.65. The largest absolute Gasteiger partial charge is 0.391 e. The van der Waals surface area contributed by atoms with Gasteiger partial charge in [-0.15, -0.1) is 0 Å². The van der Waals surface area contributed by atoms with Crippen LogP contribution in [-0.2, 0) is 4.74 Å². The third-order valence-corrected chi connectivity index (χ3v) is 6.82. The van der Waals surface area contributed by atoms with Crippen molar-refractivity contribution in [2.45, 2.75) is 63.6 Å². The van der Waals surface area contributed by atoms with Gasteiger partial charge in [0.2, 0.25) is 0 Å². The standard InChI is InChI=1S/C18H31NO2/c1-19(11-16-3-2-4-21-16)12-17(20)18-8-13-5-14(9-18)7-15(6-13)10-18/h13-17,20H,2-12H2,1H3. The highest BCUT2D eigenvalue weighted by molar-refractivity contribution is 5.04. The molecule has 0 aromatic carbocycles. The molecule has 120 valence electrons. The van der Waals surface area contributed by atoms with Crippen LogP contribution in [0.3, 0.4) is 0 Å². The Bertz CT molecular complexity index is 342. The van der Waals surface area contributed by atoms with Crippen LogP contribution < -0.4 is 0 Å². The molecule has 2 atom stereocenters. The first kappa shape index (κ1) is 14.5. The Kier molecular flexibility index (Phi) is 3.79. The van der Waals surface area contributed by atoms with E-state index >= 15 is 0 Å². The van der Waals surface area contributed by atoms with Gasteiger partial charge in [0.05, 0.1) is 12.2 Å². The summed E-state index contributed by atoms with van der Waals surface area (Å²) >= 11 is 0. The van der Waals surface area contributed by atoms with Crippen LogP contribution in [0.15, 0.2) is 0 Å². The van der Waals surface area contributed by atoms with Crippen molar-refractivity contribution in [2.75, 3.05) is 26.7 Å². The van der Waals surface area contributed by atoms with E-state index < -0.39 is 0 Å². The summed E-state index contributed by atoms with van der Waals surface area (Å²) in [6, 6.07) is 0. The van der Waals surface area contributed by atoms with Gasteiger partial charge in [-0.05, 0) is 81.6 Å². The second kappa shape index (κ2) is 5.50. The maximum Gasteiger partial charge on any atom is 0.0723 e. The molecule has 5 aliphatic rings. The molecule has 5 rings (SSSR count). The van der Waals surface area contributed by atoms with Crippen molar-refractivity contribution in [2.24, 2.45) is 23.2 Å². The Hall–Kier alpha value is -0.120. The second-order valence-corrected chi connectivity index (χ2v) is 8.65. The fraction of sp³-hybridized carbons (Fsp3) is 1.00. The Labute approximate surface area is 129 Å². The third-order valence-electron chi connectivity index (χ3n) is 6.82. The van der Waals surface area contributed by atoms with Gasteiger partial charge in [0, 0.05) is 19.7 Å². The van der Waals surface area contributed by atoms with Crippen LogP contribution in [0.1, 0.15) is 51.4 Å². The topological polar surface area (TPSA) is 32.7 Å². The van der Waals surface area contributed by atoms with Crippen LogP contribution in [0.5, 0.6) is 0 Å². The van der Waals surface area contributed by atoms with Gasteiger partial charge < -0.3 is 14.7 Å². The van der Waals surface area contributed by atoms with Gasteiger partial charge in [0.1, 0.15) is 0 Å². The van der Waals surface area contributed by atoms with Crippen molar-refractivity contribution in [3.05, 3.63) is 0 Å². The minimum Gasteiger partial charge on any atom is -0.391 e. The van der Waals surface area contributed by atoms with E-state index in [-0.39, 0.29) is 11.5 Å². The molecule has 3 nitrogen and oxygen atoms in total. The van der Waals surface area contributed by atoms with Gasteiger partial charge >= 0.3 is 0 Å². The predicted molar refractivity (Wildman–Crippen MR) is 83.1 cm³/mol. The van der Waals surface area contributed by atoms with E-state index in [0.29, 0.717) is 6.10 Å². The molecule has 0 radical (unpaired) electrons. The molecule has 1 saturated heterocycles. The number of hydrogen-bond donors (Lipinski definition) is 1. The lowest BCUT2D eigenvalue weighted by molar-refractivity contribution is -0.126. The first-order valence-electron chi connectivity index (χ1n) is 9.11. The monoisotopic (exact) mass is 293 g/mol. The molecule has 1 heterocycles. The molecule has 21 heavy (non-hydrogen) atoms. The molecular formula is C18H31NO2. The number of nitrogens with zero attached hydrogens (tertiary/aromatic N) is 1. The first-order chi connectivity index (χ1) is 10.1. The molecule has 4 aliphatic carbocycles. The lowest BCUT2D eigenvalue weighted by Crippen LogP contribution is -2.54. The van der Waals surface area contributed by atoms with Crippen LogP contribution in [-0.4, -0.2) is 49.0 Å². The molecule has 0 amide bonds. The highest BCUT2D eigenvalue weighted by Crippen LogP contribution is 2.61. The SMILES string of the molecule is CN(CC1CCCO1)CC(O)C12CC3CC(CC(C3)C1)C2. The molecule has 4 saturated carbocycles. The van der Waals surface area contributed by atoms with Gasteiger partial charge in [-0.3, -0.25) is 0 Å². The van der Waals surface area contributed by atoms with E-state index in [2.05, 4.69) is 11.9 Å². The summed E-state index contributed by atoms with van der Waals surface area (Å²) in [4.78, 5) is 2.32. The zero-order valence-electron chi connectivity index (χ0n) is 13.5. The first-order valence-corrected chi connectivity index (χ1v) is 9.11. The quantitative estimate of drug-likeness (QED) is 0.846. The molecule has 4 bridgehead atoms. The molecule has 0 aromatic heterocycles. The maximum atomic E-state index is 11.0. The minimum atomic E-state index is -0.127. The van der Waals surface area contributed by atoms with Gasteiger partial charge in [-0.1, -0.05) is 0 Å². The number of aliphatic hydroxyl groups is 1. The van der Waals surface area contributed by atoms with E-state index in [1.807, 2.05) is 0 Å². The summed E-state index contributed by atoms with van der Waals surface area (Å²) in [5.41, 5.74) is 0.263. The molecule has 1 aliphatic heterocycles. The lowest BCUT2D eigenvalue weighted by Gasteiger charge is -2.58. The molecule has 5 fully saturated rings. The lowest BCUT2D eigenvalue weighted by atomic mass is 9.48. The summed E-state index contributed by atoms with van der Waals surface area (Å²) in [6.07, 6.45) is 10.9. The third kappa shape index (κ3) is 2.77. The molecule has 0 spiro atoms. The minimum absolute atomic E-state index is 0.127. The molecule has 1 N–H and O–H groups in total. The Morgan fingerprint density at radius 1 is 1.14 bits per heavy atom. The van der Waals surface area contributed by atoms with Crippen molar-refractivity contribution in [1.82, 2.24) is 4.90 Å². The molecule has 3 heteroatoms. The zero-order valence-corrected chi connectivity index (χ0v) is 13.5. The van der Waals surface area contributed by atoms with Crippen LogP contribution in [0, 0.1) is 23.2 Å². The number of ether oxygens (including phenoxy) is 1. The van der Waals surface area contributed by atoms with Gasteiger partial charge in [0.25, 0.3) is 0 Å². The summed E-state index contributed by atoms with van der Waals surface area (Å²) < 4.78 is 5.73. The van der Waals surface area contributed by atoms with E-state index in [9.17, 15) is 5.11 Å². The summed E-state index contributed by atoms with van der Waals surface area (Å²) in [5, 5.41) is 11.0. The van der Waals surface area contributed by atoms with E-state index in [4.69, 9.17) is 4.74 Å². The molecule has 0 aromatic rings. The van der Waals surface area contributed by atoms with Gasteiger partial charge in [0.15, 0.2) is 0 Å². The highest BCUT2D eigenvalue weighted by atomic mass is 16.5. The van der Waals surface area contributed by atoms with Crippen molar-refractivity contribution >= 4 is 0 Å². The molecular weight excluding hydrogens is 262 g/mol. The summed E-state index contributed by atoms with van der Waals surface area (Å²) in [5.74, 6) is 2.78. The van der Waals surface area contributed by atoms with Crippen molar-refractivity contribution in [3.8, 4) is 0 Å². The number of likely N-dealkylation sites (N-methyl/N-ethyl adjacent to an activating group) is 1. The van der Waals surface area contributed by atoms with Crippen LogP contribution >= 0.6 is 0 Å². The van der Waals surface area contributed by atoms with E-state index in [1.54, 1.807) is 0 Å². The van der Waals surface area contributed by atoms with Crippen LogP contribution in [0.2, 0.25) is 0 Å². The van der Waals surface area contributed by atoms with Crippen molar-refractivity contribution in [3.63, 3.8) is 0 Å². The zero-order chi connectivity index (χ0) is 14.4. The Morgan fingerprint density at radius 3 is 2.29 bits per heavy atom. The normalized spacial score (nSPS) is 46.4. The smallest absolute Gasteiger partial charge is 0.0723 e. The summed E-state index contributed by atoms with van der Waals surface area (Å²) in [7, 11) is 2.16.